The van der Waals surface area contributed by atoms with Crippen LogP contribution in [0.2, 0.25) is 0 Å². The Morgan fingerprint density at radius 3 is 2.62 bits per heavy atom. The molecule has 0 aromatic rings. The van der Waals surface area contributed by atoms with Crippen molar-refractivity contribution in [1.82, 2.24) is 15.5 Å². The summed E-state index contributed by atoms with van der Waals surface area (Å²) >= 11 is 0. The van der Waals surface area contributed by atoms with Crippen molar-refractivity contribution in [3.05, 3.63) is 0 Å². The molecule has 2 heterocycles. The molecule has 0 radical (unpaired) electrons. The molecule has 2 rings (SSSR count). The van der Waals surface area contributed by atoms with Gasteiger partial charge >= 0.3 is 0 Å². The summed E-state index contributed by atoms with van der Waals surface area (Å²) in [6.45, 7) is 11.6. The Morgan fingerprint density at radius 1 is 1.29 bits per heavy atom. The Bertz CT molecular complexity index is 386. The van der Waals surface area contributed by atoms with Crippen molar-refractivity contribution >= 4 is 5.96 Å². The van der Waals surface area contributed by atoms with Gasteiger partial charge in [-0.25, -0.2) is 0 Å². The van der Waals surface area contributed by atoms with Crippen molar-refractivity contribution in [2.24, 2.45) is 22.2 Å². The average molecular weight is 341 g/mol. The van der Waals surface area contributed by atoms with Gasteiger partial charge < -0.3 is 25.4 Å². The highest BCUT2D eigenvalue weighted by atomic mass is 16.5. The van der Waals surface area contributed by atoms with Gasteiger partial charge in [0.25, 0.3) is 0 Å². The zero-order valence-electron chi connectivity index (χ0n) is 15.7. The van der Waals surface area contributed by atoms with Crippen LogP contribution in [0.25, 0.3) is 0 Å². The molecule has 0 aromatic heterocycles. The second kappa shape index (κ2) is 9.59. The molecule has 2 aliphatic heterocycles. The second-order valence-electron chi connectivity index (χ2n) is 7.83. The molecule has 3 N–H and O–H groups in total. The smallest absolute Gasteiger partial charge is 0.191 e. The van der Waals surface area contributed by atoms with Crippen LogP contribution in [-0.2, 0) is 4.74 Å². The summed E-state index contributed by atoms with van der Waals surface area (Å²) in [5.41, 5.74) is 0.0457. The lowest BCUT2D eigenvalue weighted by Gasteiger charge is -2.35. The number of aliphatic hydroxyl groups excluding tert-OH is 1. The second-order valence-corrected chi connectivity index (χ2v) is 7.83. The minimum absolute atomic E-state index is 0.0457. The summed E-state index contributed by atoms with van der Waals surface area (Å²) in [7, 11) is 1.81. The summed E-state index contributed by atoms with van der Waals surface area (Å²) in [5.74, 6) is 2.44. The van der Waals surface area contributed by atoms with Crippen LogP contribution in [0, 0.1) is 17.3 Å². The van der Waals surface area contributed by atoms with Crippen molar-refractivity contribution in [2.75, 3.05) is 59.6 Å². The highest BCUT2D eigenvalue weighted by Gasteiger charge is 2.34. The van der Waals surface area contributed by atoms with E-state index in [1.165, 1.54) is 19.5 Å². The molecule has 24 heavy (non-hydrogen) atoms. The Labute approximate surface area is 147 Å². The van der Waals surface area contributed by atoms with Gasteiger partial charge in [0.05, 0.1) is 6.61 Å². The topological polar surface area (TPSA) is 69.1 Å². The first kappa shape index (κ1) is 19.5. The van der Waals surface area contributed by atoms with E-state index in [2.05, 4.69) is 34.4 Å². The first-order valence-corrected chi connectivity index (χ1v) is 9.42. The van der Waals surface area contributed by atoms with Crippen molar-refractivity contribution in [1.29, 1.82) is 0 Å². The Morgan fingerprint density at radius 2 is 2.04 bits per heavy atom. The van der Waals surface area contributed by atoms with Gasteiger partial charge in [-0.1, -0.05) is 13.8 Å². The summed E-state index contributed by atoms with van der Waals surface area (Å²) in [6, 6.07) is 0. The molecule has 2 fully saturated rings. The van der Waals surface area contributed by atoms with E-state index in [1.54, 1.807) is 0 Å². The van der Waals surface area contributed by atoms with Crippen molar-refractivity contribution in [3.8, 4) is 0 Å². The van der Waals surface area contributed by atoms with E-state index in [9.17, 15) is 5.11 Å². The standard InChI is InChI=1S/C18H36N4O2/c1-15-10-16(2)12-22(11-15)7-6-20-17(19-3)21-13-18(4-8-23)5-9-24-14-18/h15-16,23H,4-14H2,1-3H3,(H2,19,20,21). The SMILES string of the molecule is CN=C(NCCN1CC(C)CC(C)C1)NCC1(CCO)CCOC1. The minimum Gasteiger partial charge on any atom is -0.396 e. The number of rotatable bonds is 7. The molecule has 0 aromatic carbocycles. The molecular formula is C18H36N4O2. The van der Waals surface area contributed by atoms with Crippen LogP contribution in [0.5, 0.6) is 0 Å². The van der Waals surface area contributed by atoms with Gasteiger partial charge in [-0.2, -0.15) is 0 Å². The molecule has 0 spiro atoms. The molecular weight excluding hydrogens is 304 g/mol. The third kappa shape index (κ3) is 5.90. The number of likely N-dealkylation sites (tertiary alicyclic amines) is 1. The average Bonchev–Trinajstić information content (AvgIpc) is 2.99. The normalized spacial score (nSPS) is 32.1. The summed E-state index contributed by atoms with van der Waals surface area (Å²) < 4.78 is 5.54. The van der Waals surface area contributed by atoms with E-state index in [-0.39, 0.29) is 12.0 Å². The van der Waals surface area contributed by atoms with Gasteiger partial charge in [0.15, 0.2) is 5.96 Å². The maximum Gasteiger partial charge on any atom is 0.191 e. The van der Waals surface area contributed by atoms with Crippen LogP contribution in [0.1, 0.15) is 33.1 Å². The van der Waals surface area contributed by atoms with Crippen LogP contribution < -0.4 is 10.6 Å². The summed E-state index contributed by atoms with van der Waals surface area (Å²) in [6.07, 6.45) is 3.13. The summed E-state index contributed by atoms with van der Waals surface area (Å²) in [5, 5.41) is 16.2. The predicted octanol–water partition coefficient (Wildman–Crippen LogP) is 0.918. The van der Waals surface area contributed by atoms with Crippen molar-refractivity contribution in [2.45, 2.75) is 33.1 Å². The quantitative estimate of drug-likeness (QED) is 0.475. The third-order valence-corrected chi connectivity index (χ3v) is 5.35. The maximum atomic E-state index is 9.31. The van der Waals surface area contributed by atoms with Gasteiger partial charge in [-0.05, 0) is 31.1 Å². The van der Waals surface area contributed by atoms with E-state index in [4.69, 9.17) is 4.74 Å². The van der Waals surface area contributed by atoms with E-state index >= 15 is 0 Å². The lowest BCUT2D eigenvalue weighted by molar-refractivity contribution is 0.127. The first-order valence-electron chi connectivity index (χ1n) is 9.42. The fourth-order valence-electron chi connectivity index (χ4n) is 4.11. The highest BCUT2D eigenvalue weighted by Crippen LogP contribution is 2.31. The van der Waals surface area contributed by atoms with Crippen molar-refractivity contribution in [3.63, 3.8) is 0 Å². The molecule has 0 bridgehead atoms. The van der Waals surface area contributed by atoms with E-state index in [1.807, 2.05) is 7.05 Å². The number of piperidine rings is 1. The molecule has 0 aliphatic carbocycles. The van der Waals surface area contributed by atoms with Gasteiger partial charge in [0, 0.05) is 58.4 Å². The molecule has 3 atom stereocenters. The van der Waals surface area contributed by atoms with Crippen LogP contribution in [0.3, 0.4) is 0 Å². The molecule has 140 valence electrons. The molecule has 2 saturated heterocycles. The van der Waals surface area contributed by atoms with Crippen LogP contribution >= 0.6 is 0 Å². The van der Waals surface area contributed by atoms with Crippen LogP contribution in [0.4, 0.5) is 0 Å². The third-order valence-electron chi connectivity index (χ3n) is 5.35. The molecule has 0 saturated carbocycles. The Hall–Kier alpha value is -0.850. The van der Waals surface area contributed by atoms with E-state index < -0.39 is 0 Å². The van der Waals surface area contributed by atoms with Gasteiger partial charge in [0.2, 0.25) is 0 Å². The molecule has 0 amide bonds. The molecule has 6 heteroatoms. The molecule has 2 aliphatic rings. The highest BCUT2D eigenvalue weighted by molar-refractivity contribution is 5.79. The lowest BCUT2D eigenvalue weighted by atomic mass is 9.84. The van der Waals surface area contributed by atoms with E-state index in [0.29, 0.717) is 0 Å². The maximum absolute atomic E-state index is 9.31. The van der Waals surface area contributed by atoms with Crippen LogP contribution in [0.15, 0.2) is 4.99 Å². The number of aliphatic hydroxyl groups is 1. The molecule has 6 nitrogen and oxygen atoms in total. The fourth-order valence-corrected chi connectivity index (χ4v) is 4.11. The summed E-state index contributed by atoms with van der Waals surface area (Å²) in [4.78, 5) is 6.88. The number of nitrogens with zero attached hydrogens (tertiary/aromatic N) is 2. The minimum atomic E-state index is 0.0457. The van der Waals surface area contributed by atoms with Crippen molar-refractivity contribution < 1.29 is 9.84 Å². The fraction of sp³-hybridized carbons (Fsp3) is 0.944. The van der Waals surface area contributed by atoms with Gasteiger partial charge in [-0.3, -0.25) is 4.99 Å². The van der Waals surface area contributed by atoms with Crippen LogP contribution in [-0.4, -0.2) is 75.6 Å². The number of nitrogens with one attached hydrogen (secondary N) is 2. The zero-order valence-corrected chi connectivity index (χ0v) is 15.7. The lowest BCUT2D eigenvalue weighted by Crippen LogP contribution is -2.47. The number of hydrogen-bond acceptors (Lipinski definition) is 4. The zero-order chi connectivity index (χ0) is 17.4. The van der Waals surface area contributed by atoms with Gasteiger partial charge in [0.1, 0.15) is 0 Å². The number of guanidine groups is 1. The monoisotopic (exact) mass is 340 g/mol. The first-order chi connectivity index (χ1) is 11.6. The number of aliphatic imine (C=N–C) groups is 1. The largest absolute Gasteiger partial charge is 0.396 e. The Kier molecular flexibility index (Phi) is 7.78. The predicted molar refractivity (Wildman–Crippen MR) is 98.3 cm³/mol. The van der Waals surface area contributed by atoms with Gasteiger partial charge in [-0.15, -0.1) is 0 Å². The van der Waals surface area contributed by atoms with E-state index in [0.717, 1.165) is 63.5 Å². The number of ether oxygens (including phenoxy) is 1. The Balaban J connectivity index is 1.70. The molecule has 3 unspecified atom stereocenters. The number of hydrogen-bond donors (Lipinski definition) is 3.